The summed E-state index contributed by atoms with van der Waals surface area (Å²) in [6.45, 7) is 7.90. The molecular formula is C21H34O3. The molecule has 0 unspecified atom stereocenters. The van der Waals surface area contributed by atoms with E-state index in [1.807, 2.05) is 18.2 Å². The van der Waals surface area contributed by atoms with Gasteiger partial charge in [0.2, 0.25) is 0 Å². The molecule has 0 heterocycles. The fourth-order valence-corrected chi connectivity index (χ4v) is 2.69. The Labute approximate surface area is 147 Å². The smallest absolute Gasteiger partial charge is 0.349 e. The lowest BCUT2D eigenvalue weighted by Crippen LogP contribution is -2.39. The molecule has 0 aromatic heterocycles. The fraction of sp³-hybridized carbons (Fsp3) is 0.667. The first-order chi connectivity index (χ1) is 11.5. The maximum Gasteiger partial charge on any atom is 0.349 e. The topological polar surface area (TPSA) is 35.5 Å². The number of ether oxygens (including phenoxy) is 2. The normalized spacial score (nSPS) is 11.3. The molecule has 0 fully saturated rings. The Balaban J connectivity index is 2.42. The number of hydrogen-bond acceptors (Lipinski definition) is 3. The standard InChI is InChI=1S/C21H34O3/c1-5-7-8-9-10-11-12-14-18-15-13-16-19(17-18)24-21(3,4)20(22)23-6-2/h13,15-17H,5-12,14H2,1-4H3. The SMILES string of the molecule is CCCCCCCCCc1cccc(OC(C)(C)C(=O)OCC)c1. The first-order valence-corrected chi connectivity index (χ1v) is 9.44. The average molecular weight is 335 g/mol. The minimum Gasteiger partial charge on any atom is -0.476 e. The van der Waals surface area contributed by atoms with Crippen LogP contribution in [0.3, 0.4) is 0 Å². The minimum absolute atomic E-state index is 0.331. The van der Waals surface area contributed by atoms with E-state index in [2.05, 4.69) is 13.0 Å². The highest BCUT2D eigenvalue weighted by atomic mass is 16.6. The molecule has 1 aromatic rings. The van der Waals surface area contributed by atoms with Crippen LogP contribution in [0.5, 0.6) is 5.75 Å². The molecule has 0 spiro atoms. The molecule has 3 nitrogen and oxygen atoms in total. The zero-order valence-corrected chi connectivity index (χ0v) is 15.9. The van der Waals surface area contributed by atoms with Gasteiger partial charge in [0.1, 0.15) is 5.75 Å². The third-order valence-corrected chi connectivity index (χ3v) is 4.11. The second-order valence-corrected chi connectivity index (χ2v) is 6.85. The maximum absolute atomic E-state index is 11.9. The molecular weight excluding hydrogens is 300 g/mol. The number of esters is 1. The van der Waals surface area contributed by atoms with Crippen molar-refractivity contribution in [3.8, 4) is 5.75 Å². The molecule has 1 aromatic carbocycles. The summed E-state index contributed by atoms with van der Waals surface area (Å²) in [4.78, 5) is 11.9. The van der Waals surface area contributed by atoms with E-state index in [-0.39, 0.29) is 5.97 Å². The highest BCUT2D eigenvalue weighted by Crippen LogP contribution is 2.22. The monoisotopic (exact) mass is 334 g/mol. The van der Waals surface area contributed by atoms with E-state index in [9.17, 15) is 4.79 Å². The van der Waals surface area contributed by atoms with Gasteiger partial charge in [-0.1, -0.05) is 57.6 Å². The van der Waals surface area contributed by atoms with Gasteiger partial charge in [-0.2, -0.15) is 0 Å². The number of rotatable bonds is 12. The molecule has 3 heteroatoms. The number of hydrogen-bond donors (Lipinski definition) is 0. The van der Waals surface area contributed by atoms with E-state index in [0.29, 0.717) is 6.61 Å². The molecule has 136 valence electrons. The van der Waals surface area contributed by atoms with Crippen LogP contribution in [0.1, 0.15) is 78.2 Å². The summed E-state index contributed by atoms with van der Waals surface area (Å²) in [5, 5.41) is 0. The summed E-state index contributed by atoms with van der Waals surface area (Å²) in [6.07, 6.45) is 10.2. The Bertz CT molecular complexity index is 480. The van der Waals surface area contributed by atoms with Gasteiger partial charge in [-0.15, -0.1) is 0 Å². The third kappa shape index (κ3) is 7.85. The molecule has 0 saturated heterocycles. The van der Waals surface area contributed by atoms with Gasteiger partial charge in [-0.3, -0.25) is 0 Å². The van der Waals surface area contributed by atoms with Crippen LogP contribution < -0.4 is 4.74 Å². The van der Waals surface area contributed by atoms with Crippen molar-refractivity contribution in [2.75, 3.05) is 6.61 Å². The Morgan fingerprint density at radius 3 is 2.33 bits per heavy atom. The molecule has 0 bridgehead atoms. The summed E-state index contributed by atoms with van der Waals surface area (Å²) in [7, 11) is 0. The van der Waals surface area contributed by atoms with Crippen LogP contribution in [0.25, 0.3) is 0 Å². The Kier molecular flexibility index (Phi) is 9.51. The van der Waals surface area contributed by atoms with Gasteiger partial charge in [0, 0.05) is 0 Å². The number of unbranched alkanes of at least 4 members (excludes halogenated alkanes) is 6. The number of carbonyl (C=O) groups excluding carboxylic acids is 1. The summed E-state index contributed by atoms with van der Waals surface area (Å²) >= 11 is 0. The van der Waals surface area contributed by atoms with Crippen molar-refractivity contribution in [3.63, 3.8) is 0 Å². The van der Waals surface area contributed by atoms with E-state index in [4.69, 9.17) is 9.47 Å². The van der Waals surface area contributed by atoms with Crippen molar-refractivity contribution in [3.05, 3.63) is 29.8 Å². The van der Waals surface area contributed by atoms with Crippen molar-refractivity contribution in [1.29, 1.82) is 0 Å². The third-order valence-electron chi connectivity index (χ3n) is 4.11. The molecule has 0 amide bonds. The summed E-state index contributed by atoms with van der Waals surface area (Å²) in [5.41, 5.74) is 0.300. The first kappa shape index (κ1) is 20.5. The molecule has 0 N–H and O–H groups in total. The summed E-state index contributed by atoms with van der Waals surface area (Å²) < 4.78 is 10.9. The van der Waals surface area contributed by atoms with Crippen LogP contribution in [0.15, 0.2) is 24.3 Å². The number of carbonyl (C=O) groups is 1. The lowest BCUT2D eigenvalue weighted by Gasteiger charge is -2.24. The molecule has 0 aliphatic heterocycles. The van der Waals surface area contributed by atoms with Crippen LogP contribution in [0.4, 0.5) is 0 Å². The predicted octanol–water partition coefficient (Wildman–Crippen LogP) is 5.70. The lowest BCUT2D eigenvalue weighted by atomic mass is 10.0. The van der Waals surface area contributed by atoms with E-state index in [1.165, 1.54) is 50.5 Å². The minimum atomic E-state index is -0.964. The highest BCUT2D eigenvalue weighted by molar-refractivity contribution is 5.79. The molecule has 0 atom stereocenters. The van der Waals surface area contributed by atoms with Gasteiger partial charge >= 0.3 is 5.97 Å². The first-order valence-electron chi connectivity index (χ1n) is 9.44. The largest absolute Gasteiger partial charge is 0.476 e. The molecule has 24 heavy (non-hydrogen) atoms. The molecule has 0 radical (unpaired) electrons. The van der Waals surface area contributed by atoms with Crippen molar-refractivity contribution in [1.82, 2.24) is 0 Å². The number of benzene rings is 1. The molecule has 0 aliphatic carbocycles. The predicted molar refractivity (Wildman–Crippen MR) is 99.5 cm³/mol. The van der Waals surface area contributed by atoms with Crippen molar-refractivity contribution >= 4 is 5.97 Å². The van der Waals surface area contributed by atoms with Crippen LogP contribution in [0, 0.1) is 0 Å². The van der Waals surface area contributed by atoms with Crippen LogP contribution in [-0.2, 0) is 16.0 Å². The van der Waals surface area contributed by atoms with E-state index >= 15 is 0 Å². The fourth-order valence-electron chi connectivity index (χ4n) is 2.69. The van der Waals surface area contributed by atoms with Gasteiger partial charge in [0.25, 0.3) is 0 Å². The van der Waals surface area contributed by atoms with Crippen LogP contribution in [0.2, 0.25) is 0 Å². The lowest BCUT2D eigenvalue weighted by molar-refractivity contribution is -0.158. The van der Waals surface area contributed by atoms with E-state index in [1.54, 1.807) is 20.8 Å². The second kappa shape index (κ2) is 11.1. The van der Waals surface area contributed by atoms with Gasteiger partial charge in [-0.25, -0.2) is 4.79 Å². The Morgan fingerprint density at radius 2 is 1.67 bits per heavy atom. The number of aryl methyl sites for hydroxylation is 1. The van der Waals surface area contributed by atoms with Gasteiger partial charge in [0.15, 0.2) is 5.60 Å². The van der Waals surface area contributed by atoms with E-state index < -0.39 is 5.60 Å². The van der Waals surface area contributed by atoms with Crippen LogP contribution in [-0.4, -0.2) is 18.2 Å². The van der Waals surface area contributed by atoms with E-state index in [0.717, 1.165) is 12.2 Å². The quantitative estimate of drug-likeness (QED) is 0.363. The molecule has 1 rings (SSSR count). The summed E-state index contributed by atoms with van der Waals surface area (Å²) in [6, 6.07) is 8.06. The second-order valence-electron chi connectivity index (χ2n) is 6.85. The van der Waals surface area contributed by atoms with Gasteiger partial charge in [-0.05, 0) is 51.3 Å². The highest BCUT2D eigenvalue weighted by Gasteiger charge is 2.31. The Hall–Kier alpha value is -1.51. The average Bonchev–Trinajstić information content (AvgIpc) is 2.54. The van der Waals surface area contributed by atoms with Crippen molar-refractivity contribution in [2.24, 2.45) is 0 Å². The van der Waals surface area contributed by atoms with Gasteiger partial charge in [0.05, 0.1) is 6.61 Å². The zero-order valence-electron chi connectivity index (χ0n) is 15.9. The molecule has 0 saturated carbocycles. The van der Waals surface area contributed by atoms with Crippen molar-refractivity contribution in [2.45, 2.75) is 84.7 Å². The molecule has 0 aliphatic rings. The summed E-state index contributed by atoms with van der Waals surface area (Å²) in [5.74, 6) is 0.399. The van der Waals surface area contributed by atoms with Crippen LogP contribution >= 0.6 is 0 Å². The van der Waals surface area contributed by atoms with Crippen molar-refractivity contribution < 1.29 is 14.3 Å². The maximum atomic E-state index is 11.9. The Morgan fingerprint density at radius 1 is 1.00 bits per heavy atom. The van der Waals surface area contributed by atoms with Gasteiger partial charge < -0.3 is 9.47 Å². The zero-order chi connectivity index (χ0) is 17.8.